The topological polar surface area (TPSA) is 61.8 Å². The van der Waals surface area contributed by atoms with Gasteiger partial charge < -0.3 is 14.2 Å². The fourth-order valence-corrected chi connectivity index (χ4v) is 0.812. The maximum Gasteiger partial charge on any atom is 0.330 e. The molecule has 0 aliphatic carbocycles. The van der Waals surface area contributed by atoms with Crippen molar-refractivity contribution in [2.75, 3.05) is 19.8 Å². The molecule has 0 fully saturated rings. The van der Waals surface area contributed by atoms with Crippen LogP contribution in [0.2, 0.25) is 0 Å². The van der Waals surface area contributed by atoms with Crippen molar-refractivity contribution in [1.29, 1.82) is 0 Å². The molecule has 0 rings (SSSR count). The first-order valence-corrected chi connectivity index (χ1v) is 4.84. The number of hydrogen-bond donors (Lipinski definition) is 0. The second-order valence-corrected chi connectivity index (χ2v) is 2.76. The van der Waals surface area contributed by atoms with Gasteiger partial charge in [-0.3, -0.25) is 0 Å². The average molecular weight is 228 g/mol. The number of hydrogen-bond acceptors (Lipinski definition) is 5. The zero-order valence-electron chi connectivity index (χ0n) is 9.31. The summed E-state index contributed by atoms with van der Waals surface area (Å²) in [4.78, 5) is 21.7. The monoisotopic (exact) mass is 228 g/mol. The fraction of sp³-hybridized carbons (Fsp3) is 0.455. The van der Waals surface area contributed by atoms with Crippen LogP contribution in [0.1, 0.15) is 6.92 Å². The van der Waals surface area contributed by atoms with Crippen LogP contribution in [0.4, 0.5) is 0 Å². The Balaban J connectivity index is 4.08. The maximum absolute atomic E-state index is 10.9. The highest BCUT2D eigenvalue weighted by atomic mass is 16.6. The third kappa shape index (κ3) is 6.78. The summed E-state index contributed by atoms with van der Waals surface area (Å²) in [6, 6.07) is 0. The Morgan fingerprint density at radius 3 is 2.31 bits per heavy atom. The second-order valence-electron chi connectivity index (χ2n) is 2.76. The van der Waals surface area contributed by atoms with Crippen LogP contribution in [0.5, 0.6) is 0 Å². The van der Waals surface area contributed by atoms with E-state index in [0.29, 0.717) is 6.61 Å². The molecule has 0 aliphatic rings. The van der Waals surface area contributed by atoms with Gasteiger partial charge in [0.2, 0.25) is 0 Å². The van der Waals surface area contributed by atoms with Crippen LogP contribution in [0.3, 0.4) is 0 Å². The normalized spacial score (nSPS) is 11.3. The number of ether oxygens (including phenoxy) is 3. The smallest absolute Gasteiger partial charge is 0.330 e. The highest BCUT2D eigenvalue weighted by molar-refractivity contribution is 5.82. The molecule has 90 valence electrons. The fourth-order valence-electron chi connectivity index (χ4n) is 0.812. The summed E-state index contributed by atoms with van der Waals surface area (Å²) in [6.45, 7) is 8.91. The minimum absolute atomic E-state index is 0.0650. The Bertz CT molecular complexity index is 259. The van der Waals surface area contributed by atoms with Gasteiger partial charge in [0.25, 0.3) is 0 Å². The van der Waals surface area contributed by atoms with Gasteiger partial charge in [-0.2, -0.15) is 0 Å². The molecule has 0 aromatic carbocycles. The van der Waals surface area contributed by atoms with Crippen LogP contribution in [-0.2, 0) is 23.8 Å². The van der Waals surface area contributed by atoms with E-state index in [1.54, 1.807) is 0 Å². The van der Waals surface area contributed by atoms with Gasteiger partial charge in [-0.25, -0.2) is 9.59 Å². The van der Waals surface area contributed by atoms with Crippen LogP contribution in [0.15, 0.2) is 25.3 Å². The van der Waals surface area contributed by atoms with Crippen molar-refractivity contribution in [2.45, 2.75) is 13.0 Å². The van der Waals surface area contributed by atoms with Crippen LogP contribution in [0.25, 0.3) is 0 Å². The Hall–Kier alpha value is -1.62. The van der Waals surface area contributed by atoms with E-state index in [9.17, 15) is 9.59 Å². The third-order valence-electron chi connectivity index (χ3n) is 1.54. The van der Waals surface area contributed by atoms with Gasteiger partial charge in [0.05, 0.1) is 6.61 Å². The van der Waals surface area contributed by atoms with E-state index in [-0.39, 0.29) is 13.2 Å². The molecule has 16 heavy (non-hydrogen) atoms. The number of carbonyl (C=O) groups excluding carboxylic acids is 2. The van der Waals surface area contributed by atoms with E-state index in [4.69, 9.17) is 14.2 Å². The highest BCUT2D eigenvalue weighted by Crippen LogP contribution is 1.97. The molecule has 0 bridgehead atoms. The summed E-state index contributed by atoms with van der Waals surface area (Å²) in [5, 5.41) is 0. The largest absolute Gasteiger partial charge is 0.458 e. The second kappa shape index (κ2) is 8.67. The molecular weight excluding hydrogens is 212 g/mol. The molecule has 0 N–H and O–H groups in total. The molecule has 0 aromatic rings. The summed E-state index contributed by atoms with van der Waals surface area (Å²) in [6.07, 6.45) is 1.44. The summed E-state index contributed by atoms with van der Waals surface area (Å²) in [5.74, 6) is -1.16. The molecule has 5 heteroatoms. The predicted molar refractivity (Wildman–Crippen MR) is 57.7 cm³/mol. The average Bonchev–Trinajstić information content (AvgIpc) is 2.31. The van der Waals surface area contributed by atoms with E-state index >= 15 is 0 Å². The van der Waals surface area contributed by atoms with E-state index < -0.39 is 18.0 Å². The first-order chi connectivity index (χ1) is 7.63. The molecule has 0 saturated carbocycles. The summed E-state index contributed by atoms with van der Waals surface area (Å²) in [5.41, 5.74) is 0. The maximum atomic E-state index is 10.9. The predicted octanol–water partition coefficient (Wildman–Crippen LogP) is 0.850. The molecule has 0 amide bonds. The number of carbonyl (C=O) groups is 2. The van der Waals surface area contributed by atoms with Crippen LogP contribution < -0.4 is 0 Å². The first-order valence-electron chi connectivity index (χ1n) is 4.84. The van der Waals surface area contributed by atoms with Gasteiger partial charge in [0.15, 0.2) is 6.10 Å². The Morgan fingerprint density at radius 1 is 1.19 bits per heavy atom. The lowest BCUT2D eigenvalue weighted by molar-refractivity contribution is -0.156. The standard InChI is InChI=1S/C11H16O5/c1-4-10(12)15-8-9(7-14-6-3)16-11(13)5-2/h4-5,9H,1-2,6-8H2,3H3. The Kier molecular flexibility index (Phi) is 7.79. The molecule has 0 aliphatic heterocycles. The molecule has 0 spiro atoms. The van der Waals surface area contributed by atoms with Crippen molar-refractivity contribution in [3.05, 3.63) is 25.3 Å². The van der Waals surface area contributed by atoms with Gasteiger partial charge in [-0.15, -0.1) is 0 Å². The Morgan fingerprint density at radius 2 is 1.81 bits per heavy atom. The minimum Gasteiger partial charge on any atom is -0.458 e. The van der Waals surface area contributed by atoms with E-state index in [1.807, 2.05) is 6.92 Å². The molecular formula is C11H16O5. The van der Waals surface area contributed by atoms with Gasteiger partial charge in [0.1, 0.15) is 6.61 Å². The lowest BCUT2D eigenvalue weighted by Crippen LogP contribution is -2.28. The summed E-state index contributed by atoms with van der Waals surface area (Å²) < 4.78 is 14.7. The molecule has 1 unspecified atom stereocenters. The van der Waals surface area contributed by atoms with E-state index in [2.05, 4.69) is 13.2 Å². The molecule has 1 atom stereocenters. The van der Waals surface area contributed by atoms with Gasteiger partial charge in [0, 0.05) is 18.8 Å². The van der Waals surface area contributed by atoms with Crippen molar-refractivity contribution < 1.29 is 23.8 Å². The summed E-state index contributed by atoms with van der Waals surface area (Å²) >= 11 is 0. The van der Waals surface area contributed by atoms with E-state index in [0.717, 1.165) is 12.2 Å². The van der Waals surface area contributed by atoms with Crippen LogP contribution in [0, 0.1) is 0 Å². The molecule has 0 aromatic heterocycles. The lowest BCUT2D eigenvalue weighted by atomic mass is 10.4. The van der Waals surface area contributed by atoms with Crippen LogP contribution in [-0.4, -0.2) is 37.9 Å². The SMILES string of the molecule is C=CC(=O)OCC(COCC)OC(=O)C=C. The zero-order chi connectivity index (χ0) is 12.4. The van der Waals surface area contributed by atoms with Crippen molar-refractivity contribution >= 4 is 11.9 Å². The Labute approximate surface area is 94.7 Å². The van der Waals surface area contributed by atoms with Gasteiger partial charge in [-0.05, 0) is 6.92 Å². The van der Waals surface area contributed by atoms with Crippen molar-refractivity contribution in [1.82, 2.24) is 0 Å². The van der Waals surface area contributed by atoms with E-state index in [1.165, 1.54) is 0 Å². The summed E-state index contributed by atoms with van der Waals surface area (Å²) in [7, 11) is 0. The van der Waals surface area contributed by atoms with Crippen molar-refractivity contribution in [2.24, 2.45) is 0 Å². The van der Waals surface area contributed by atoms with Gasteiger partial charge >= 0.3 is 11.9 Å². The van der Waals surface area contributed by atoms with Crippen LogP contribution >= 0.6 is 0 Å². The highest BCUT2D eigenvalue weighted by Gasteiger charge is 2.14. The minimum atomic E-state index is -0.630. The van der Waals surface area contributed by atoms with Crippen molar-refractivity contribution in [3.8, 4) is 0 Å². The zero-order valence-corrected chi connectivity index (χ0v) is 9.31. The number of rotatable bonds is 8. The van der Waals surface area contributed by atoms with Gasteiger partial charge in [-0.1, -0.05) is 13.2 Å². The number of esters is 2. The molecule has 0 radical (unpaired) electrons. The molecule has 0 saturated heterocycles. The van der Waals surface area contributed by atoms with Crippen molar-refractivity contribution in [3.63, 3.8) is 0 Å². The molecule has 0 heterocycles. The lowest BCUT2D eigenvalue weighted by Gasteiger charge is -2.16. The molecule has 5 nitrogen and oxygen atoms in total. The first kappa shape index (κ1) is 14.4. The quantitative estimate of drug-likeness (QED) is 0.455. The third-order valence-corrected chi connectivity index (χ3v) is 1.54.